The molecule has 1 aromatic rings. The predicted octanol–water partition coefficient (Wildman–Crippen LogP) is 7.98. The number of benzene rings is 1. The van der Waals surface area contributed by atoms with Gasteiger partial charge in [0.15, 0.2) is 14.1 Å². The van der Waals surface area contributed by atoms with Gasteiger partial charge in [-0.05, 0) is 115 Å². The largest absolute Gasteiger partial charge is 0.413 e. The normalized spacial score (nSPS) is 36.6. The molecule has 0 bridgehead atoms. The lowest BCUT2D eigenvalue weighted by atomic mass is 9.48. The van der Waals surface area contributed by atoms with Crippen LogP contribution in [0.4, 0.5) is 5.69 Å². The lowest BCUT2D eigenvalue weighted by molar-refractivity contribution is -0.116. The van der Waals surface area contributed by atoms with E-state index in [1.54, 1.807) is 0 Å². The van der Waals surface area contributed by atoms with Crippen LogP contribution >= 0.6 is 0 Å². The molecule has 4 heteroatoms. The molecule has 3 saturated carbocycles. The van der Waals surface area contributed by atoms with Crippen molar-refractivity contribution in [1.29, 1.82) is 0 Å². The molecule has 0 N–H and O–H groups in total. The van der Waals surface area contributed by atoms with Crippen molar-refractivity contribution in [3.63, 3.8) is 0 Å². The average molecular weight is 508 g/mol. The molecule has 36 heavy (non-hydrogen) atoms. The Morgan fingerprint density at radius 2 is 1.69 bits per heavy atom. The molecule has 0 aromatic heterocycles. The zero-order valence-electron chi connectivity index (χ0n) is 24.1. The first-order chi connectivity index (χ1) is 16.8. The number of anilines is 1. The number of fused-ring (bicyclic) bond motifs is 5. The molecule has 0 spiro atoms. The average Bonchev–Trinajstić information content (AvgIpc) is 3.13. The van der Waals surface area contributed by atoms with Gasteiger partial charge >= 0.3 is 0 Å². The van der Waals surface area contributed by atoms with Crippen molar-refractivity contribution >= 4 is 19.8 Å². The zero-order chi connectivity index (χ0) is 26.0. The maximum atomic E-state index is 12.4. The minimum atomic E-state index is -1.82. The Hall–Kier alpha value is -1.39. The molecule has 7 atom stereocenters. The van der Waals surface area contributed by atoms with Gasteiger partial charge in [0.2, 0.25) is 0 Å². The lowest BCUT2D eigenvalue weighted by Gasteiger charge is -2.57. The Bertz CT molecular complexity index is 1020. The van der Waals surface area contributed by atoms with Gasteiger partial charge in [0, 0.05) is 26.2 Å². The topological polar surface area (TPSA) is 29.5 Å². The molecule has 0 amide bonds. The van der Waals surface area contributed by atoms with E-state index >= 15 is 0 Å². The summed E-state index contributed by atoms with van der Waals surface area (Å²) in [6, 6.07) is 9.34. The van der Waals surface area contributed by atoms with E-state index in [0.29, 0.717) is 41.5 Å². The van der Waals surface area contributed by atoms with E-state index in [9.17, 15) is 4.79 Å². The van der Waals surface area contributed by atoms with Crippen molar-refractivity contribution in [3.8, 4) is 0 Å². The first-order valence-corrected chi connectivity index (χ1v) is 17.4. The summed E-state index contributed by atoms with van der Waals surface area (Å²) in [4.78, 5) is 14.6. The second-order valence-corrected chi connectivity index (χ2v) is 19.2. The molecule has 3 nitrogen and oxygen atoms in total. The van der Waals surface area contributed by atoms with Crippen LogP contribution in [0.1, 0.15) is 84.1 Å². The molecular weight excluding hydrogens is 458 g/mol. The van der Waals surface area contributed by atoms with Gasteiger partial charge in [0.1, 0.15) is 0 Å². The molecule has 5 rings (SSSR count). The number of rotatable bonds is 4. The SMILES string of the molecule is CN(C)c1ccc(C2CC3=CC(=O)CC[C@@H]3[C@H]3CC[C@]4(C)[C@@H](O[Si](C)(C)C(C)(C)C)CC[C@H]4[C@H]23)cc1. The van der Waals surface area contributed by atoms with Crippen LogP contribution in [0.2, 0.25) is 18.1 Å². The van der Waals surface area contributed by atoms with Crippen molar-refractivity contribution in [2.75, 3.05) is 19.0 Å². The number of hydrogen-bond acceptors (Lipinski definition) is 3. The molecule has 0 heterocycles. The molecule has 0 aliphatic heterocycles. The van der Waals surface area contributed by atoms with Gasteiger partial charge < -0.3 is 9.33 Å². The Morgan fingerprint density at radius 1 is 1.00 bits per heavy atom. The van der Waals surface area contributed by atoms with Crippen LogP contribution in [0.15, 0.2) is 35.9 Å². The predicted molar refractivity (Wildman–Crippen MR) is 153 cm³/mol. The smallest absolute Gasteiger partial charge is 0.192 e. The number of nitrogens with zero attached hydrogens (tertiary/aromatic N) is 1. The standard InChI is InChI=1S/C32H49NO2Si/c1-31(2,3)36(7,8)35-29-16-15-28-30-26(17-18-32(28,29)4)25-14-13-24(34)19-22(25)20-27(30)21-9-11-23(12-10-21)33(5)6/h9-12,19,25-30H,13-18,20H2,1-8H3/t25-,26+,27?,28-,29-,30-,32-/m0/s1. The van der Waals surface area contributed by atoms with Gasteiger partial charge in [0.05, 0.1) is 6.10 Å². The van der Waals surface area contributed by atoms with Gasteiger partial charge in [-0.25, -0.2) is 0 Å². The first-order valence-electron chi connectivity index (χ1n) is 14.5. The molecule has 4 aliphatic rings. The van der Waals surface area contributed by atoms with E-state index in [1.807, 2.05) is 0 Å². The Balaban J connectivity index is 1.50. The van der Waals surface area contributed by atoms with Gasteiger partial charge in [-0.3, -0.25) is 4.79 Å². The van der Waals surface area contributed by atoms with E-state index in [-0.39, 0.29) is 10.5 Å². The highest BCUT2D eigenvalue weighted by Crippen LogP contribution is 2.66. The summed E-state index contributed by atoms with van der Waals surface area (Å²) < 4.78 is 7.20. The molecule has 198 valence electrons. The highest BCUT2D eigenvalue weighted by molar-refractivity contribution is 6.74. The minimum absolute atomic E-state index is 0.245. The van der Waals surface area contributed by atoms with E-state index in [2.05, 4.69) is 90.1 Å². The number of ketones is 1. The Morgan fingerprint density at radius 3 is 2.33 bits per heavy atom. The molecule has 4 aliphatic carbocycles. The van der Waals surface area contributed by atoms with E-state index < -0.39 is 8.32 Å². The highest BCUT2D eigenvalue weighted by atomic mass is 28.4. The quantitative estimate of drug-likeness (QED) is 0.387. The maximum absolute atomic E-state index is 12.4. The van der Waals surface area contributed by atoms with Crippen LogP contribution in [-0.2, 0) is 9.22 Å². The summed E-state index contributed by atoms with van der Waals surface area (Å²) in [5.41, 5.74) is 4.47. The van der Waals surface area contributed by atoms with Crippen LogP contribution in [0.25, 0.3) is 0 Å². The van der Waals surface area contributed by atoms with Crippen molar-refractivity contribution in [1.82, 2.24) is 0 Å². The Kier molecular flexibility index (Phi) is 6.64. The van der Waals surface area contributed by atoms with Crippen LogP contribution < -0.4 is 4.90 Å². The highest BCUT2D eigenvalue weighted by Gasteiger charge is 2.60. The van der Waals surface area contributed by atoms with Gasteiger partial charge in [-0.15, -0.1) is 0 Å². The minimum Gasteiger partial charge on any atom is -0.413 e. The summed E-state index contributed by atoms with van der Waals surface area (Å²) >= 11 is 0. The number of carbonyl (C=O) groups is 1. The third kappa shape index (κ3) is 4.34. The van der Waals surface area contributed by atoms with E-state index in [4.69, 9.17) is 4.43 Å². The summed E-state index contributed by atoms with van der Waals surface area (Å²) in [5, 5.41) is 0.245. The number of hydrogen-bond donors (Lipinski definition) is 0. The first kappa shape index (κ1) is 26.2. The summed E-state index contributed by atoms with van der Waals surface area (Å²) in [7, 11) is 2.41. The third-order valence-electron chi connectivity index (χ3n) is 11.3. The van der Waals surface area contributed by atoms with Crippen molar-refractivity contribution in [3.05, 3.63) is 41.5 Å². The van der Waals surface area contributed by atoms with Crippen LogP contribution in [0.3, 0.4) is 0 Å². The third-order valence-corrected chi connectivity index (χ3v) is 15.8. The van der Waals surface area contributed by atoms with Crippen LogP contribution in [-0.4, -0.2) is 34.3 Å². The molecule has 1 aromatic carbocycles. The second kappa shape index (κ2) is 9.12. The Labute approximate surface area is 221 Å². The fourth-order valence-electron chi connectivity index (χ4n) is 8.27. The summed E-state index contributed by atoms with van der Waals surface area (Å²) in [5.74, 6) is 3.60. The zero-order valence-corrected chi connectivity index (χ0v) is 25.1. The summed E-state index contributed by atoms with van der Waals surface area (Å²) in [6.07, 6.45) is 10.4. The van der Waals surface area contributed by atoms with E-state index in [1.165, 1.54) is 42.5 Å². The van der Waals surface area contributed by atoms with Crippen LogP contribution in [0.5, 0.6) is 0 Å². The molecule has 0 saturated heterocycles. The van der Waals surface area contributed by atoms with Crippen molar-refractivity contribution < 1.29 is 9.22 Å². The van der Waals surface area contributed by atoms with Crippen molar-refractivity contribution in [2.24, 2.45) is 29.1 Å². The van der Waals surface area contributed by atoms with Crippen LogP contribution in [0, 0.1) is 29.1 Å². The molecule has 1 unspecified atom stereocenters. The molecule has 0 radical (unpaired) electrons. The monoisotopic (exact) mass is 507 g/mol. The second-order valence-electron chi connectivity index (χ2n) is 14.5. The maximum Gasteiger partial charge on any atom is 0.192 e. The number of allylic oxidation sites excluding steroid dienone is 1. The fraction of sp³-hybridized carbons (Fsp3) is 0.719. The fourth-order valence-corrected chi connectivity index (χ4v) is 9.72. The lowest BCUT2D eigenvalue weighted by Crippen LogP contribution is -2.53. The van der Waals surface area contributed by atoms with E-state index in [0.717, 1.165) is 19.3 Å². The molecular formula is C32H49NO2Si. The summed E-state index contributed by atoms with van der Waals surface area (Å²) in [6.45, 7) is 14.6. The molecule has 3 fully saturated rings. The van der Waals surface area contributed by atoms with Crippen molar-refractivity contribution in [2.45, 2.75) is 103 Å². The van der Waals surface area contributed by atoms with Gasteiger partial charge in [-0.2, -0.15) is 0 Å². The van der Waals surface area contributed by atoms with Gasteiger partial charge in [-0.1, -0.05) is 45.4 Å². The number of carbonyl (C=O) groups excluding carboxylic acids is 1. The van der Waals surface area contributed by atoms with Gasteiger partial charge in [0.25, 0.3) is 0 Å².